The standard InChI is InChI=1S/C45H62NO2/c1-2-3-4-5-6-7-8-9-10-12-15-21-38-47-44-31-27-42(28-32-44)40-23-25-41(26-24-40)43-29-33-45(34-30-43)48-39-22-16-13-11-14-18-35-46-36-19-17-20-37-46/h17,19-20,23-34,36-37H,2-16,18,21-22,35,38-39H2,1H3/q+1. The zero-order valence-corrected chi connectivity index (χ0v) is 29.9. The minimum Gasteiger partial charge on any atom is -0.494 e. The molecule has 4 aromatic rings. The van der Waals surface area contributed by atoms with Crippen LogP contribution in [-0.2, 0) is 6.54 Å². The lowest BCUT2D eigenvalue weighted by Gasteiger charge is -2.09. The summed E-state index contributed by atoms with van der Waals surface area (Å²) in [7, 11) is 0. The van der Waals surface area contributed by atoms with Crippen LogP contribution in [0, 0.1) is 0 Å². The maximum Gasteiger partial charge on any atom is 0.168 e. The molecule has 0 aliphatic rings. The number of hydrogen-bond acceptors (Lipinski definition) is 2. The lowest BCUT2D eigenvalue weighted by Crippen LogP contribution is -2.32. The maximum atomic E-state index is 6.03. The maximum absolute atomic E-state index is 6.03. The number of ether oxygens (including phenoxy) is 2. The fourth-order valence-corrected chi connectivity index (χ4v) is 6.35. The minimum absolute atomic E-state index is 0.789. The van der Waals surface area contributed by atoms with Gasteiger partial charge in [0.1, 0.15) is 18.0 Å². The van der Waals surface area contributed by atoms with Crippen molar-refractivity contribution in [2.45, 2.75) is 129 Å². The lowest BCUT2D eigenvalue weighted by atomic mass is 10.0. The van der Waals surface area contributed by atoms with Gasteiger partial charge in [-0.05, 0) is 65.8 Å². The fourth-order valence-electron chi connectivity index (χ4n) is 6.35. The Morgan fingerprint density at radius 3 is 1.10 bits per heavy atom. The van der Waals surface area contributed by atoms with E-state index < -0.39 is 0 Å². The fraction of sp³-hybridized carbons (Fsp3) is 0.489. The molecule has 1 heterocycles. The molecule has 0 saturated carbocycles. The van der Waals surface area contributed by atoms with E-state index in [9.17, 15) is 0 Å². The molecule has 0 unspecified atom stereocenters. The van der Waals surface area contributed by atoms with Crippen LogP contribution >= 0.6 is 0 Å². The lowest BCUT2D eigenvalue weighted by molar-refractivity contribution is -0.697. The van der Waals surface area contributed by atoms with Crippen molar-refractivity contribution in [3.05, 3.63) is 103 Å². The Balaban J connectivity index is 1.04. The van der Waals surface area contributed by atoms with E-state index in [1.807, 2.05) is 0 Å². The van der Waals surface area contributed by atoms with Gasteiger partial charge in [0.25, 0.3) is 0 Å². The van der Waals surface area contributed by atoms with E-state index in [4.69, 9.17) is 9.47 Å². The number of unbranched alkanes of at least 4 members (excludes halogenated alkanes) is 16. The summed E-state index contributed by atoms with van der Waals surface area (Å²) in [5, 5.41) is 0. The molecule has 0 bridgehead atoms. The molecule has 4 rings (SSSR count). The Morgan fingerprint density at radius 2 is 0.708 bits per heavy atom. The summed E-state index contributed by atoms with van der Waals surface area (Å²) >= 11 is 0. The molecular weight excluding hydrogens is 587 g/mol. The summed E-state index contributed by atoms with van der Waals surface area (Å²) in [6, 6.07) is 32.2. The van der Waals surface area contributed by atoms with E-state index in [1.165, 1.54) is 125 Å². The van der Waals surface area contributed by atoms with E-state index in [1.54, 1.807) is 0 Å². The topological polar surface area (TPSA) is 22.3 Å². The van der Waals surface area contributed by atoms with Gasteiger partial charge in [-0.2, -0.15) is 0 Å². The predicted molar refractivity (Wildman–Crippen MR) is 204 cm³/mol. The van der Waals surface area contributed by atoms with Crippen molar-refractivity contribution in [3.8, 4) is 33.8 Å². The van der Waals surface area contributed by atoms with Gasteiger partial charge in [-0.25, -0.2) is 4.57 Å². The van der Waals surface area contributed by atoms with Gasteiger partial charge in [0.15, 0.2) is 12.4 Å². The predicted octanol–water partition coefficient (Wildman–Crippen LogP) is 12.8. The van der Waals surface area contributed by atoms with Crippen molar-refractivity contribution >= 4 is 0 Å². The normalized spacial score (nSPS) is 11.1. The molecule has 0 saturated heterocycles. The van der Waals surface area contributed by atoms with E-state index in [-0.39, 0.29) is 0 Å². The Kier molecular flexibility index (Phi) is 18.4. The number of aryl methyl sites for hydroxylation is 1. The highest BCUT2D eigenvalue weighted by Gasteiger charge is 2.04. The van der Waals surface area contributed by atoms with E-state index >= 15 is 0 Å². The number of rotatable bonds is 26. The highest BCUT2D eigenvalue weighted by molar-refractivity contribution is 5.71. The summed E-state index contributed by atoms with van der Waals surface area (Å²) < 4.78 is 14.3. The average Bonchev–Trinajstić information content (AvgIpc) is 3.14. The van der Waals surface area contributed by atoms with Crippen molar-refractivity contribution in [3.63, 3.8) is 0 Å². The number of aromatic nitrogens is 1. The first-order chi connectivity index (χ1) is 23.8. The second-order valence-electron chi connectivity index (χ2n) is 13.4. The van der Waals surface area contributed by atoms with E-state index in [2.05, 4.69) is 115 Å². The van der Waals surface area contributed by atoms with Crippen LogP contribution in [0.4, 0.5) is 0 Å². The first-order valence-electron chi connectivity index (χ1n) is 19.3. The van der Waals surface area contributed by atoms with Gasteiger partial charge in [-0.15, -0.1) is 0 Å². The molecule has 0 spiro atoms. The Bertz CT molecular complexity index is 1330. The monoisotopic (exact) mass is 648 g/mol. The Hall–Kier alpha value is -3.59. The summed E-state index contributed by atoms with van der Waals surface area (Å²) in [5.74, 6) is 1.92. The quantitative estimate of drug-likeness (QED) is 0.0499. The number of nitrogens with zero attached hydrogens (tertiary/aromatic N) is 1. The zero-order chi connectivity index (χ0) is 33.3. The van der Waals surface area contributed by atoms with E-state index in [0.29, 0.717) is 0 Å². The third-order valence-electron chi connectivity index (χ3n) is 9.38. The van der Waals surface area contributed by atoms with Crippen molar-refractivity contribution in [1.29, 1.82) is 0 Å². The van der Waals surface area contributed by atoms with Crippen LogP contribution in [0.25, 0.3) is 22.3 Å². The molecule has 3 heteroatoms. The van der Waals surface area contributed by atoms with Crippen LogP contribution in [0.5, 0.6) is 11.5 Å². The van der Waals surface area contributed by atoms with Crippen LogP contribution in [0.1, 0.15) is 122 Å². The number of pyridine rings is 1. The van der Waals surface area contributed by atoms with Crippen LogP contribution in [0.2, 0.25) is 0 Å². The van der Waals surface area contributed by atoms with Crippen molar-refractivity contribution < 1.29 is 14.0 Å². The van der Waals surface area contributed by atoms with Gasteiger partial charge in [0.05, 0.1) is 13.2 Å². The van der Waals surface area contributed by atoms with Gasteiger partial charge >= 0.3 is 0 Å². The molecule has 0 N–H and O–H groups in total. The smallest absolute Gasteiger partial charge is 0.168 e. The van der Waals surface area contributed by atoms with Crippen LogP contribution in [0.3, 0.4) is 0 Å². The molecule has 0 aliphatic carbocycles. The molecular formula is C45H62NO2+. The van der Waals surface area contributed by atoms with Crippen LogP contribution < -0.4 is 14.0 Å². The van der Waals surface area contributed by atoms with Crippen molar-refractivity contribution in [1.82, 2.24) is 0 Å². The first kappa shape index (κ1) is 37.2. The third kappa shape index (κ3) is 15.1. The zero-order valence-electron chi connectivity index (χ0n) is 29.9. The highest BCUT2D eigenvalue weighted by atomic mass is 16.5. The summed E-state index contributed by atoms with van der Waals surface area (Å²) in [6.07, 6.45) is 28.2. The second-order valence-corrected chi connectivity index (χ2v) is 13.4. The van der Waals surface area contributed by atoms with Gasteiger partial charge in [-0.3, -0.25) is 0 Å². The molecule has 3 aromatic carbocycles. The van der Waals surface area contributed by atoms with E-state index in [0.717, 1.165) is 44.1 Å². The molecule has 0 atom stereocenters. The van der Waals surface area contributed by atoms with Crippen molar-refractivity contribution in [2.75, 3.05) is 13.2 Å². The summed E-state index contributed by atoms with van der Waals surface area (Å²) in [6.45, 7) is 5.01. The molecule has 0 amide bonds. The second kappa shape index (κ2) is 23.7. The van der Waals surface area contributed by atoms with Gasteiger partial charge in [0.2, 0.25) is 0 Å². The van der Waals surface area contributed by atoms with Crippen LogP contribution in [-0.4, -0.2) is 13.2 Å². The molecule has 0 radical (unpaired) electrons. The Morgan fingerprint density at radius 1 is 0.375 bits per heavy atom. The first-order valence-corrected chi connectivity index (χ1v) is 19.3. The molecule has 0 fully saturated rings. The average molecular weight is 649 g/mol. The molecule has 3 nitrogen and oxygen atoms in total. The Labute approximate surface area is 292 Å². The van der Waals surface area contributed by atoms with Crippen molar-refractivity contribution in [2.24, 2.45) is 0 Å². The van der Waals surface area contributed by atoms with Gasteiger partial charge in [0, 0.05) is 18.6 Å². The molecule has 258 valence electrons. The summed E-state index contributed by atoms with van der Waals surface area (Å²) in [5.41, 5.74) is 4.87. The summed E-state index contributed by atoms with van der Waals surface area (Å²) in [4.78, 5) is 0. The van der Waals surface area contributed by atoms with Gasteiger partial charge in [-0.1, -0.05) is 151 Å². The number of hydrogen-bond donors (Lipinski definition) is 0. The molecule has 0 aliphatic heterocycles. The SMILES string of the molecule is CCCCCCCCCCCCCCOc1ccc(-c2ccc(-c3ccc(OCCCCCCCC[n+]4ccccc4)cc3)cc2)cc1. The van der Waals surface area contributed by atoms with Gasteiger partial charge < -0.3 is 9.47 Å². The molecule has 1 aromatic heterocycles. The molecule has 48 heavy (non-hydrogen) atoms. The largest absolute Gasteiger partial charge is 0.494 e. The minimum atomic E-state index is 0.789. The van der Waals surface area contributed by atoms with Crippen LogP contribution in [0.15, 0.2) is 103 Å². The third-order valence-corrected chi connectivity index (χ3v) is 9.38. The number of benzene rings is 3. The highest BCUT2D eigenvalue weighted by Crippen LogP contribution is 2.28.